The Morgan fingerprint density at radius 2 is 2.10 bits per heavy atom. The number of hydrogen-bond acceptors (Lipinski definition) is 3. The number of ether oxygens (including phenoxy) is 1. The summed E-state index contributed by atoms with van der Waals surface area (Å²) in [6.07, 6.45) is 5.12. The molecule has 0 bridgehead atoms. The molecule has 0 aliphatic carbocycles. The fourth-order valence-corrected chi connectivity index (χ4v) is 2.80. The molecule has 20 heavy (non-hydrogen) atoms. The van der Waals surface area contributed by atoms with Crippen molar-refractivity contribution in [2.75, 3.05) is 19.7 Å². The third kappa shape index (κ3) is 4.46. The van der Waals surface area contributed by atoms with Crippen molar-refractivity contribution >= 4 is 17.2 Å². The number of nitrogens with two attached hydrogens (primary N) is 1. The Morgan fingerprint density at radius 3 is 2.75 bits per heavy atom. The molecule has 1 aromatic rings. The minimum absolute atomic E-state index is 0.427. The first-order valence-corrected chi connectivity index (χ1v) is 7.84. The summed E-state index contributed by atoms with van der Waals surface area (Å²) in [6, 6.07) is 8.40. The summed E-state index contributed by atoms with van der Waals surface area (Å²) in [5.41, 5.74) is 6.45. The molecule has 1 aliphatic heterocycles. The van der Waals surface area contributed by atoms with E-state index in [4.69, 9.17) is 22.7 Å². The maximum absolute atomic E-state index is 5.76. The molecule has 0 radical (unpaired) electrons. The van der Waals surface area contributed by atoms with E-state index in [9.17, 15) is 0 Å². The van der Waals surface area contributed by atoms with Gasteiger partial charge >= 0.3 is 0 Å². The van der Waals surface area contributed by atoms with Crippen LogP contribution < -0.4 is 10.5 Å². The monoisotopic (exact) mass is 292 g/mol. The van der Waals surface area contributed by atoms with Gasteiger partial charge in [0.2, 0.25) is 0 Å². The lowest BCUT2D eigenvalue weighted by Gasteiger charge is -2.33. The van der Waals surface area contributed by atoms with Crippen molar-refractivity contribution in [1.82, 2.24) is 4.90 Å². The van der Waals surface area contributed by atoms with Crippen LogP contribution in [0.1, 0.15) is 38.2 Å². The fraction of sp³-hybridized carbons (Fsp3) is 0.562. The zero-order valence-corrected chi connectivity index (χ0v) is 13.0. The van der Waals surface area contributed by atoms with Crippen molar-refractivity contribution in [1.29, 1.82) is 0 Å². The Balaban J connectivity index is 1.69. The highest BCUT2D eigenvalue weighted by Gasteiger charge is 2.17. The van der Waals surface area contributed by atoms with Gasteiger partial charge in [0.1, 0.15) is 10.7 Å². The molecule has 1 fully saturated rings. The number of benzene rings is 1. The first kappa shape index (κ1) is 15.3. The molecule has 1 atom stereocenters. The first-order chi connectivity index (χ1) is 9.66. The summed E-state index contributed by atoms with van der Waals surface area (Å²) < 4.78 is 5.76. The second kappa shape index (κ2) is 7.60. The van der Waals surface area contributed by atoms with E-state index in [1.54, 1.807) is 0 Å². The van der Waals surface area contributed by atoms with E-state index in [1.165, 1.54) is 25.8 Å². The van der Waals surface area contributed by atoms with E-state index in [0.29, 0.717) is 4.99 Å². The van der Waals surface area contributed by atoms with E-state index in [0.717, 1.165) is 36.9 Å². The third-order valence-electron chi connectivity index (χ3n) is 3.94. The van der Waals surface area contributed by atoms with Crippen molar-refractivity contribution in [2.24, 2.45) is 5.73 Å². The zero-order valence-electron chi connectivity index (χ0n) is 12.2. The van der Waals surface area contributed by atoms with E-state index < -0.39 is 0 Å². The molecule has 1 aromatic carbocycles. The second-order valence-corrected chi connectivity index (χ2v) is 5.91. The Kier molecular flexibility index (Phi) is 5.80. The van der Waals surface area contributed by atoms with Gasteiger partial charge < -0.3 is 15.4 Å². The number of rotatable bonds is 6. The summed E-state index contributed by atoms with van der Waals surface area (Å²) in [5, 5.41) is 0. The van der Waals surface area contributed by atoms with Crippen LogP contribution in [0.25, 0.3) is 0 Å². The minimum atomic E-state index is 0.427. The van der Waals surface area contributed by atoms with Gasteiger partial charge in [-0.3, -0.25) is 0 Å². The molecule has 0 aromatic heterocycles. The van der Waals surface area contributed by atoms with Crippen molar-refractivity contribution in [3.05, 3.63) is 29.8 Å². The van der Waals surface area contributed by atoms with Crippen LogP contribution in [0.15, 0.2) is 24.3 Å². The summed E-state index contributed by atoms with van der Waals surface area (Å²) in [6.45, 7) is 5.46. The standard InChI is InChI=1S/C16H24N2OS/c1-13-5-2-3-10-18(13)11-4-12-19-15-8-6-14(7-9-15)16(17)20/h6-9,13H,2-5,10-12H2,1H3,(H2,17,20). The molecular formula is C16H24N2OS. The molecule has 1 aliphatic rings. The van der Waals surface area contributed by atoms with E-state index in [-0.39, 0.29) is 0 Å². The summed E-state index contributed by atoms with van der Waals surface area (Å²) >= 11 is 4.93. The predicted octanol–water partition coefficient (Wildman–Crippen LogP) is 2.96. The lowest BCUT2D eigenvalue weighted by Crippen LogP contribution is -2.38. The van der Waals surface area contributed by atoms with Gasteiger partial charge in [-0.1, -0.05) is 18.6 Å². The molecule has 2 N–H and O–H groups in total. The number of nitrogens with zero attached hydrogens (tertiary/aromatic N) is 1. The molecular weight excluding hydrogens is 268 g/mol. The van der Waals surface area contributed by atoms with Gasteiger partial charge in [-0.25, -0.2) is 0 Å². The second-order valence-electron chi connectivity index (χ2n) is 5.47. The van der Waals surface area contributed by atoms with Crippen LogP contribution >= 0.6 is 12.2 Å². The van der Waals surface area contributed by atoms with Gasteiger partial charge in [0.25, 0.3) is 0 Å². The van der Waals surface area contributed by atoms with Crippen LogP contribution in [0.3, 0.4) is 0 Å². The summed E-state index contributed by atoms with van der Waals surface area (Å²) in [4.78, 5) is 3.00. The average Bonchev–Trinajstić information content (AvgIpc) is 2.46. The Hall–Kier alpha value is -1.13. The van der Waals surface area contributed by atoms with Crippen molar-refractivity contribution in [3.8, 4) is 5.75 Å². The number of thiocarbonyl (C=S) groups is 1. The maximum Gasteiger partial charge on any atom is 0.119 e. The highest BCUT2D eigenvalue weighted by Crippen LogP contribution is 2.17. The first-order valence-electron chi connectivity index (χ1n) is 7.43. The fourth-order valence-electron chi connectivity index (χ4n) is 2.66. The minimum Gasteiger partial charge on any atom is -0.494 e. The molecule has 1 heterocycles. The van der Waals surface area contributed by atoms with Crippen LogP contribution in [-0.2, 0) is 0 Å². The topological polar surface area (TPSA) is 38.5 Å². The largest absolute Gasteiger partial charge is 0.494 e. The molecule has 110 valence electrons. The quantitative estimate of drug-likeness (QED) is 0.646. The number of piperidine rings is 1. The predicted molar refractivity (Wildman–Crippen MR) is 87.3 cm³/mol. The Morgan fingerprint density at radius 1 is 1.35 bits per heavy atom. The van der Waals surface area contributed by atoms with Crippen molar-refractivity contribution in [3.63, 3.8) is 0 Å². The van der Waals surface area contributed by atoms with Gasteiger partial charge in [-0.15, -0.1) is 0 Å². The summed E-state index contributed by atoms with van der Waals surface area (Å²) in [7, 11) is 0. The normalized spacial score (nSPS) is 19.8. The van der Waals surface area contributed by atoms with Crippen molar-refractivity contribution < 1.29 is 4.74 Å². The SMILES string of the molecule is CC1CCCCN1CCCOc1ccc(C(N)=S)cc1. The van der Waals surface area contributed by atoms with E-state index in [1.807, 2.05) is 24.3 Å². The maximum atomic E-state index is 5.76. The number of hydrogen-bond donors (Lipinski definition) is 1. The smallest absolute Gasteiger partial charge is 0.119 e. The molecule has 1 saturated heterocycles. The molecule has 2 rings (SSSR count). The highest BCUT2D eigenvalue weighted by atomic mass is 32.1. The van der Waals surface area contributed by atoms with Crippen LogP contribution in [-0.4, -0.2) is 35.6 Å². The molecule has 4 heteroatoms. The molecule has 1 unspecified atom stereocenters. The van der Waals surface area contributed by atoms with Crippen LogP contribution in [0, 0.1) is 0 Å². The molecule has 3 nitrogen and oxygen atoms in total. The Bertz CT molecular complexity index is 433. The molecule has 0 amide bonds. The van der Waals surface area contributed by atoms with Crippen molar-refractivity contribution in [2.45, 2.75) is 38.6 Å². The van der Waals surface area contributed by atoms with Crippen LogP contribution in [0.2, 0.25) is 0 Å². The lowest BCUT2D eigenvalue weighted by atomic mass is 10.0. The van der Waals surface area contributed by atoms with Gasteiger partial charge in [0, 0.05) is 18.2 Å². The number of likely N-dealkylation sites (tertiary alicyclic amines) is 1. The van der Waals surface area contributed by atoms with Gasteiger partial charge in [-0.2, -0.15) is 0 Å². The highest BCUT2D eigenvalue weighted by molar-refractivity contribution is 7.80. The van der Waals surface area contributed by atoms with E-state index in [2.05, 4.69) is 11.8 Å². The lowest BCUT2D eigenvalue weighted by molar-refractivity contribution is 0.148. The van der Waals surface area contributed by atoms with E-state index >= 15 is 0 Å². The van der Waals surface area contributed by atoms with Crippen LogP contribution in [0.5, 0.6) is 5.75 Å². The van der Waals surface area contributed by atoms with Gasteiger partial charge in [0.05, 0.1) is 6.61 Å². The van der Waals surface area contributed by atoms with Gasteiger partial charge in [-0.05, 0) is 57.0 Å². The third-order valence-corrected chi connectivity index (χ3v) is 4.17. The van der Waals surface area contributed by atoms with Gasteiger partial charge in [0.15, 0.2) is 0 Å². The Labute approximate surface area is 127 Å². The molecule has 0 saturated carbocycles. The summed E-state index contributed by atoms with van der Waals surface area (Å²) in [5.74, 6) is 0.886. The average molecular weight is 292 g/mol. The van der Waals surface area contributed by atoms with Crippen LogP contribution in [0.4, 0.5) is 0 Å². The zero-order chi connectivity index (χ0) is 14.4. The molecule has 0 spiro atoms.